The molecule has 0 saturated carbocycles. The van der Waals surface area contributed by atoms with Crippen LogP contribution in [0.4, 0.5) is 4.79 Å². The molecule has 2 aliphatic heterocycles. The van der Waals surface area contributed by atoms with Gasteiger partial charge in [0.25, 0.3) is 0 Å². The molecule has 102 valence electrons. The van der Waals surface area contributed by atoms with Gasteiger partial charge in [0.2, 0.25) is 0 Å². The number of nitrogens with two attached hydrogens (primary N) is 1. The third kappa shape index (κ3) is 3.41. The number of nitrogens with one attached hydrogen (secondary N) is 1. The fraction of sp³-hybridized carbons (Fsp3) is 0.818. The van der Waals surface area contributed by atoms with Crippen LogP contribution in [-0.2, 0) is 19.0 Å². The van der Waals surface area contributed by atoms with Crippen molar-refractivity contribution in [1.82, 2.24) is 5.32 Å². The van der Waals surface area contributed by atoms with Crippen LogP contribution in [0.3, 0.4) is 0 Å². The number of hydrogen-bond acceptors (Lipinski definition) is 6. The Morgan fingerprint density at radius 1 is 1.28 bits per heavy atom. The number of amides is 1. The van der Waals surface area contributed by atoms with Crippen LogP contribution >= 0.6 is 0 Å². The minimum Gasteiger partial charge on any atom is -0.380 e. The van der Waals surface area contributed by atoms with Crippen molar-refractivity contribution in [2.75, 3.05) is 19.8 Å². The van der Waals surface area contributed by atoms with Crippen molar-refractivity contribution < 1.29 is 23.8 Å². The molecular formula is C11H18N2O5. The molecule has 18 heavy (non-hydrogen) atoms. The molecule has 1 amide bonds. The lowest BCUT2D eigenvalue weighted by Gasteiger charge is -2.28. The summed E-state index contributed by atoms with van der Waals surface area (Å²) in [5.74, 6) is -0.634. The van der Waals surface area contributed by atoms with E-state index in [1.807, 2.05) is 0 Å². The lowest BCUT2D eigenvalue weighted by molar-refractivity contribution is -0.147. The van der Waals surface area contributed by atoms with Crippen molar-refractivity contribution in [3.63, 3.8) is 0 Å². The highest BCUT2D eigenvalue weighted by Gasteiger charge is 2.29. The third-order valence-corrected chi connectivity index (χ3v) is 3.09. The van der Waals surface area contributed by atoms with E-state index in [0.717, 1.165) is 6.42 Å². The van der Waals surface area contributed by atoms with Gasteiger partial charge in [-0.05, 0) is 19.3 Å². The average molecular weight is 258 g/mol. The maximum atomic E-state index is 11.5. The van der Waals surface area contributed by atoms with E-state index in [0.29, 0.717) is 32.7 Å². The Hall–Kier alpha value is -1.18. The molecule has 0 aromatic rings. The fourth-order valence-corrected chi connectivity index (χ4v) is 2.04. The summed E-state index contributed by atoms with van der Waals surface area (Å²) < 4.78 is 15.0. The molecule has 2 saturated heterocycles. The Morgan fingerprint density at radius 2 is 2.11 bits per heavy atom. The number of carbonyl (C=O) groups is 2. The molecule has 2 rings (SSSR count). The quantitative estimate of drug-likeness (QED) is 0.513. The van der Waals surface area contributed by atoms with Gasteiger partial charge in [0.1, 0.15) is 0 Å². The topological polar surface area (TPSA) is 99.9 Å². The number of carbonyl (C=O) groups excluding carboxylic acids is 2. The predicted molar refractivity (Wildman–Crippen MR) is 60.8 cm³/mol. The van der Waals surface area contributed by atoms with E-state index in [-0.39, 0.29) is 12.1 Å². The summed E-state index contributed by atoms with van der Waals surface area (Å²) in [6, 6.07) is -0.493. The van der Waals surface area contributed by atoms with Crippen molar-refractivity contribution in [1.29, 1.82) is 0 Å². The van der Waals surface area contributed by atoms with Crippen LogP contribution in [0.1, 0.15) is 19.3 Å². The van der Waals surface area contributed by atoms with Gasteiger partial charge in [0.05, 0.1) is 12.6 Å². The van der Waals surface area contributed by atoms with Crippen LogP contribution < -0.4 is 11.1 Å². The third-order valence-electron chi connectivity index (χ3n) is 3.09. The second kappa shape index (κ2) is 6.12. The monoisotopic (exact) mass is 258 g/mol. The van der Waals surface area contributed by atoms with Gasteiger partial charge >= 0.3 is 12.1 Å². The minimum absolute atomic E-state index is 0.219. The fourth-order valence-electron chi connectivity index (χ4n) is 2.04. The average Bonchev–Trinajstić information content (AvgIpc) is 2.85. The van der Waals surface area contributed by atoms with Crippen molar-refractivity contribution >= 4 is 12.1 Å². The van der Waals surface area contributed by atoms with E-state index in [1.54, 1.807) is 0 Å². The van der Waals surface area contributed by atoms with E-state index in [4.69, 9.17) is 15.2 Å². The lowest BCUT2D eigenvalue weighted by atomic mass is 10.1. The molecule has 2 aliphatic rings. The normalized spacial score (nSPS) is 31.9. The Bertz CT molecular complexity index is 317. The molecule has 2 fully saturated rings. The van der Waals surface area contributed by atoms with Crippen LogP contribution in [0.15, 0.2) is 0 Å². The molecule has 3 N–H and O–H groups in total. The van der Waals surface area contributed by atoms with Crippen LogP contribution in [-0.4, -0.2) is 50.1 Å². The zero-order valence-corrected chi connectivity index (χ0v) is 10.1. The van der Waals surface area contributed by atoms with Gasteiger partial charge in [-0.1, -0.05) is 0 Å². The van der Waals surface area contributed by atoms with Crippen molar-refractivity contribution in [3.8, 4) is 0 Å². The molecule has 0 bridgehead atoms. The Kier molecular flexibility index (Phi) is 4.51. The maximum Gasteiger partial charge on any atom is 0.415 e. The summed E-state index contributed by atoms with van der Waals surface area (Å²) in [5.41, 5.74) is 5.78. The van der Waals surface area contributed by atoms with Gasteiger partial charge in [-0.2, -0.15) is 0 Å². The first kappa shape index (κ1) is 13.3. The van der Waals surface area contributed by atoms with Gasteiger partial charge in [-0.25, -0.2) is 9.59 Å². The van der Waals surface area contributed by atoms with Gasteiger partial charge in [0, 0.05) is 19.3 Å². The van der Waals surface area contributed by atoms with Gasteiger partial charge < -0.3 is 25.3 Å². The van der Waals surface area contributed by atoms with Gasteiger partial charge in [-0.3, -0.25) is 0 Å². The van der Waals surface area contributed by atoms with Crippen LogP contribution in [0, 0.1) is 0 Å². The molecular weight excluding hydrogens is 240 g/mol. The molecule has 7 heteroatoms. The van der Waals surface area contributed by atoms with Gasteiger partial charge in [-0.15, -0.1) is 0 Å². The second-order valence-corrected chi connectivity index (χ2v) is 4.49. The van der Waals surface area contributed by atoms with Crippen LogP contribution in [0.2, 0.25) is 0 Å². The zero-order chi connectivity index (χ0) is 13.0. The summed E-state index contributed by atoms with van der Waals surface area (Å²) in [7, 11) is 0. The summed E-state index contributed by atoms with van der Waals surface area (Å²) in [6.45, 7) is 1.47. The van der Waals surface area contributed by atoms with Crippen molar-refractivity contribution in [3.05, 3.63) is 0 Å². The zero-order valence-electron chi connectivity index (χ0n) is 10.1. The Balaban J connectivity index is 1.75. The number of rotatable bonds is 2. The van der Waals surface area contributed by atoms with E-state index >= 15 is 0 Å². The molecule has 0 aliphatic carbocycles. The van der Waals surface area contributed by atoms with Crippen molar-refractivity contribution in [2.45, 2.75) is 37.5 Å². The molecule has 2 heterocycles. The van der Waals surface area contributed by atoms with Crippen molar-refractivity contribution in [2.24, 2.45) is 5.73 Å². The SMILES string of the molecule is N[C@@H]1COCC[C@H]1NC(=O)OC(=O)C1CCCO1. The lowest BCUT2D eigenvalue weighted by Crippen LogP contribution is -2.53. The summed E-state index contributed by atoms with van der Waals surface area (Å²) in [5, 5.41) is 2.58. The number of ether oxygens (including phenoxy) is 3. The maximum absolute atomic E-state index is 11.5. The smallest absolute Gasteiger partial charge is 0.380 e. The molecule has 0 radical (unpaired) electrons. The highest BCUT2D eigenvalue weighted by atomic mass is 16.6. The van der Waals surface area contributed by atoms with Crippen LogP contribution in [0.25, 0.3) is 0 Å². The molecule has 0 spiro atoms. The first-order valence-corrected chi connectivity index (χ1v) is 6.14. The highest BCUT2D eigenvalue weighted by molar-refractivity contribution is 5.87. The summed E-state index contributed by atoms with van der Waals surface area (Å²) in [6.07, 6.45) is 0.649. The van der Waals surface area contributed by atoms with E-state index in [1.165, 1.54) is 0 Å². The highest BCUT2D eigenvalue weighted by Crippen LogP contribution is 2.13. The number of esters is 1. The first-order chi connectivity index (χ1) is 8.66. The first-order valence-electron chi connectivity index (χ1n) is 6.14. The standard InChI is InChI=1S/C11H18N2O5/c12-7-6-16-5-3-8(7)13-11(15)18-10(14)9-2-1-4-17-9/h7-9H,1-6,12H2,(H,13,15)/t7-,8-,9?/m1/s1. The van der Waals surface area contributed by atoms with Crippen LogP contribution in [0.5, 0.6) is 0 Å². The Morgan fingerprint density at radius 3 is 2.78 bits per heavy atom. The van der Waals surface area contributed by atoms with E-state index in [2.05, 4.69) is 10.1 Å². The second-order valence-electron chi connectivity index (χ2n) is 4.49. The predicted octanol–water partition coefficient (Wildman–Crippen LogP) is -0.466. The molecule has 3 atom stereocenters. The van der Waals surface area contributed by atoms with E-state index < -0.39 is 18.2 Å². The largest absolute Gasteiger partial charge is 0.415 e. The molecule has 7 nitrogen and oxygen atoms in total. The van der Waals surface area contributed by atoms with Gasteiger partial charge in [0.15, 0.2) is 6.10 Å². The van der Waals surface area contributed by atoms with E-state index in [9.17, 15) is 9.59 Å². The molecule has 1 unspecified atom stereocenters. The number of alkyl carbamates (subject to hydrolysis) is 1. The Labute approximate surface area is 105 Å². The summed E-state index contributed by atoms with van der Waals surface area (Å²) >= 11 is 0. The minimum atomic E-state index is -0.766. The molecule has 0 aromatic carbocycles. The molecule has 0 aromatic heterocycles. The summed E-state index contributed by atoms with van der Waals surface area (Å²) in [4.78, 5) is 23.0. The number of hydrogen-bond donors (Lipinski definition) is 2.